The zero-order chi connectivity index (χ0) is 22.7. The highest BCUT2D eigenvalue weighted by Gasteiger charge is 2.51. The van der Waals surface area contributed by atoms with Gasteiger partial charge in [-0.2, -0.15) is 0 Å². The lowest BCUT2D eigenvalue weighted by molar-refractivity contribution is 0.00578. The minimum atomic E-state index is -0.469. The molecule has 0 aromatic heterocycles. The van der Waals surface area contributed by atoms with Gasteiger partial charge in [0.1, 0.15) is 0 Å². The van der Waals surface area contributed by atoms with Crippen LogP contribution in [0.25, 0.3) is 16.8 Å². The zero-order valence-corrected chi connectivity index (χ0v) is 18.6. The Morgan fingerprint density at radius 1 is 0.875 bits per heavy atom. The number of carbonyl (C=O) groups is 2. The van der Waals surface area contributed by atoms with Crippen molar-refractivity contribution in [1.82, 2.24) is 0 Å². The molecule has 5 rings (SSSR count). The molecule has 1 fully saturated rings. The smallest absolute Gasteiger partial charge is 0.399 e. The summed E-state index contributed by atoms with van der Waals surface area (Å²) in [5, 5.41) is 4.71. The molecular weight excluding hydrogens is 401 g/mol. The predicted molar refractivity (Wildman–Crippen MR) is 127 cm³/mol. The maximum absolute atomic E-state index is 13.0. The summed E-state index contributed by atoms with van der Waals surface area (Å²) in [4.78, 5) is 25.2. The van der Waals surface area contributed by atoms with Gasteiger partial charge in [0.05, 0.1) is 11.2 Å². The van der Waals surface area contributed by atoms with Crippen LogP contribution >= 0.6 is 0 Å². The van der Waals surface area contributed by atoms with Gasteiger partial charge >= 0.3 is 7.12 Å². The van der Waals surface area contributed by atoms with Gasteiger partial charge in [0.2, 0.25) is 0 Å². The van der Waals surface area contributed by atoms with E-state index in [2.05, 4.69) is 5.32 Å². The van der Waals surface area contributed by atoms with Crippen molar-refractivity contribution in [3.63, 3.8) is 0 Å². The molecule has 1 aliphatic heterocycles. The van der Waals surface area contributed by atoms with Crippen molar-refractivity contribution in [2.45, 2.75) is 38.9 Å². The fourth-order valence-electron chi connectivity index (χ4n) is 4.11. The Kier molecular flexibility index (Phi) is 4.62. The minimum absolute atomic E-state index is 0.0233. The van der Waals surface area contributed by atoms with Crippen LogP contribution in [0.3, 0.4) is 0 Å². The molecule has 0 radical (unpaired) electrons. The summed E-state index contributed by atoms with van der Waals surface area (Å²) >= 11 is 0. The van der Waals surface area contributed by atoms with Crippen LogP contribution in [0.2, 0.25) is 0 Å². The van der Waals surface area contributed by atoms with Gasteiger partial charge in [-0.15, -0.1) is 0 Å². The summed E-state index contributed by atoms with van der Waals surface area (Å²) in [5.41, 5.74) is 2.86. The Morgan fingerprint density at radius 2 is 1.56 bits per heavy atom. The summed E-state index contributed by atoms with van der Waals surface area (Å²) in [6.07, 6.45) is 3.40. The molecule has 32 heavy (non-hydrogen) atoms. The lowest BCUT2D eigenvalue weighted by atomic mass is 9.79. The second kappa shape index (κ2) is 7.15. The number of rotatable bonds is 3. The van der Waals surface area contributed by atoms with Crippen molar-refractivity contribution >= 4 is 46.8 Å². The summed E-state index contributed by atoms with van der Waals surface area (Å²) < 4.78 is 12.2. The first-order valence-electron chi connectivity index (χ1n) is 10.7. The van der Waals surface area contributed by atoms with Gasteiger partial charge in [-0.25, -0.2) is 0 Å². The highest BCUT2D eigenvalue weighted by atomic mass is 16.7. The van der Waals surface area contributed by atoms with Gasteiger partial charge in [-0.3, -0.25) is 9.59 Å². The Morgan fingerprint density at radius 3 is 2.25 bits per heavy atom. The summed E-state index contributed by atoms with van der Waals surface area (Å²) in [5.74, 6) is -0.242. The van der Waals surface area contributed by atoms with Crippen molar-refractivity contribution < 1.29 is 18.9 Å². The summed E-state index contributed by atoms with van der Waals surface area (Å²) in [7, 11) is -0.469. The van der Waals surface area contributed by atoms with Crippen LogP contribution in [0.5, 0.6) is 0 Å². The van der Waals surface area contributed by atoms with E-state index < -0.39 is 18.3 Å². The molecule has 1 amide bonds. The number of amides is 1. The molecule has 160 valence electrons. The van der Waals surface area contributed by atoms with E-state index in [0.717, 1.165) is 21.8 Å². The molecule has 0 unspecified atom stereocenters. The Hall–Kier alpha value is -3.22. The highest BCUT2D eigenvalue weighted by Crippen LogP contribution is 2.36. The number of hydrogen-bond acceptors (Lipinski definition) is 4. The topological polar surface area (TPSA) is 64.6 Å². The van der Waals surface area contributed by atoms with Gasteiger partial charge in [-0.05, 0) is 63.0 Å². The van der Waals surface area contributed by atoms with E-state index in [4.69, 9.17) is 9.31 Å². The monoisotopic (exact) mass is 425 g/mol. The van der Waals surface area contributed by atoms with Gasteiger partial charge < -0.3 is 14.6 Å². The number of carbonyl (C=O) groups excluding carboxylic acids is 2. The first-order chi connectivity index (χ1) is 15.2. The van der Waals surface area contributed by atoms with Gasteiger partial charge in [-0.1, -0.05) is 42.5 Å². The molecule has 1 N–H and O–H groups in total. The third kappa shape index (κ3) is 3.27. The minimum Gasteiger partial charge on any atom is -0.399 e. The number of benzene rings is 3. The largest absolute Gasteiger partial charge is 0.494 e. The van der Waals surface area contributed by atoms with E-state index in [9.17, 15) is 9.59 Å². The molecule has 3 aromatic rings. The number of ketones is 1. The van der Waals surface area contributed by atoms with E-state index in [1.807, 2.05) is 76.2 Å². The highest BCUT2D eigenvalue weighted by molar-refractivity contribution is 6.62. The van der Waals surface area contributed by atoms with Crippen molar-refractivity contribution in [2.75, 3.05) is 5.32 Å². The SMILES string of the molecule is CC1(C)OB(c2ccc(C(=O)Nc3ccc4c5c(cccc35)C(=O)C=C4)cc2)OC1(C)C. The molecule has 6 heteroatoms. The average Bonchev–Trinajstić information content (AvgIpc) is 2.99. The third-order valence-corrected chi connectivity index (χ3v) is 6.70. The van der Waals surface area contributed by atoms with Crippen LogP contribution in [0, 0.1) is 0 Å². The van der Waals surface area contributed by atoms with Crippen LogP contribution in [0.1, 0.15) is 54.0 Å². The van der Waals surface area contributed by atoms with Gasteiger partial charge in [0.15, 0.2) is 5.78 Å². The van der Waals surface area contributed by atoms with E-state index in [-0.39, 0.29) is 11.7 Å². The molecule has 2 aliphatic rings. The van der Waals surface area contributed by atoms with E-state index in [1.165, 1.54) is 0 Å². The van der Waals surface area contributed by atoms with Crippen LogP contribution in [0.15, 0.2) is 60.7 Å². The molecule has 3 aromatic carbocycles. The lowest BCUT2D eigenvalue weighted by Crippen LogP contribution is -2.41. The first-order valence-corrected chi connectivity index (χ1v) is 10.7. The maximum Gasteiger partial charge on any atom is 0.494 e. The number of allylic oxidation sites excluding steroid dienone is 1. The molecule has 1 saturated heterocycles. The third-order valence-electron chi connectivity index (χ3n) is 6.70. The molecule has 1 heterocycles. The summed E-state index contributed by atoms with van der Waals surface area (Å²) in [6.45, 7) is 8.05. The average molecular weight is 425 g/mol. The normalized spacial score (nSPS) is 18.2. The predicted octanol–water partition coefficient (Wildman–Crippen LogP) is 4.60. The van der Waals surface area contributed by atoms with Crippen LogP contribution < -0.4 is 10.8 Å². The Bertz CT molecular complexity index is 1280. The molecule has 5 nitrogen and oxygen atoms in total. The fourth-order valence-corrected chi connectivity index (χ4v) is 4.11. The van der Waals surface area contributed by atoms with Crippen molar-refractivity contribution in [3.8, 4) is 0 Å². The lowest BCUT2D eigenvalue weighted by Gasteiger charge is -2.32. The number of nitrogens with one attached hydrogen (secondary N) is 1. The molecular formula is C26H24BNO4. The fraction of sp³-hybridized carbons (Fsp3) is 0.231. The standard InChI is InChI=1S/C26H24BNO4/c1-25(2)26(3,4)32-27(31-25)18-12-8-17(9-13-18)24(30)28-21-14-10-16-11-15-22(29)20-7-5-6-19(21)23(16)20/h5-15H,1-4H3,(H,28,30). The van der Waals surface area contributed by atoms with E-state index in [0.29, 0.717) is 16.8 Å². The second-order valence-corrected chi connectivity index (χ2v) is 9.29. The van der Waals surface area contributed by atoms with Crippen molar-refractivity contribution in [1.29, 1.82) is 0 Å². The number of anilines is 1. The Labute approximate surface area is 187 Å². The van der Waals surface area contributed by atoms with E-state index >= 15 is 0 Å². The zero-order valence-electron chi connectivity index (χ0n) is 18.6. The first kappa shape index (κ1) is 20.7. The number of hydrogen-bond donors (Lipinski definition) is 1. The summed E-state index contributed by atoms with van der Waals surface area (Å²) in [6, 6.07) is 16.6. The maximum atomic E-state index is 13.0. The molecule has 0 atom stereocenters. The van der Waals surface area contributed by atoms with Crippen LogP contribution in [-0.2, 0) is 9.31 Å². The van der Waals surface area contributed by atoms with E-state index in [1.54, 1.807) is 18.2 Å². The Balaban J connectivity index is 1.39. The molecule has 0 saturated carbocycles. The van der Waals surface area contributed by atoms with Crippen molar-refractivity contribution in [2.24, 2.45) is 0 Å². The molecule has 1 aliphatic carbocycles. The molecule has 0 spiro atoms. The van der Waals surface area contributed by atoms with Gasteiger partial charge in [0, 0.05) is 27.6 Å². The van der Waals surface area contributed by atoms with Crippen LogP contribution in [-0.4, -0.2) is 30.0 Å². The van der Waals surface area contributed by atoms with Crippen molar-refractivity contribution in [3.05, 3.63) is 77.4 Å². The quantitative estimate of drug-likeness (QED) is 0.623. The van der Waals surface area contributed by atoms with Gasteiger partial charge in [0.25, 0.3) is 5.91 Å². The second-order valence-electron chi connectivity index (χ2n) is 9.29. The van der Waals surface area contributed by atoms with Crippen LogP contribution in [0.4, 0.5) is 5.69 Å². The molecule has 0 bridgehead atoms.